The second-order valence-electron chi connectivity index (χ2n) is 7.59. The average Bonchev–Trinajstić information content (AvgIpc) is 2.78. The molecule has 206 valence electrons. The molecule has 13 heteroatoms. The number of aryl methyl sites for hydroxylation is 2. The van der Waals surface area contributed by atoms with E-state index in [4.69, 9.17) is 19.7 Å². The van der Waals surface area contributed by atoms with E-state index in [2.05, 4.69) is 10.1 Å². The summed E-state index contributed by atoms with van der Waals surface area (Å²) < 4.78 is 78.2. The molecule has 0 saturated heterocycles. The third-order valence-electron chi connectivity index (χ3n) is 4.51. The molecule has 0 aliphatic rings. The van der Waals surface area contributed by atoms with Crippen LogP contribution in [0.5, 0.6) is 11.5 Å². The van der Waals surface area contributed by atoms with Gasteiger partial charge in [0.05, 0.1) is 13.0 Å². The summed E-state index contributed by atoms with van der Waals surface area (Å²) in [6.45, 7) is 1.69. The lowest BCUT2D eigenvalue weighted by Gasteiger charge is -2.10. The molecule has 0 atom stereocenters. The van der Waals surface area contributed by atoms with E-state index in [1.54, 1.807) is 6.07 Å². The third-order valence-corrected chi connectivity index (χ3v) is 4.51. The number of halogens is 6. The number of alkyl halides is 6. The molecule has 0 aliphatic carbocycles. The van der Waals surface area contributed by atoms with Crippen LogP contribution in [0.15, 0.2) is 48.5 Å². The Hall–Kier alpha value is -3.48. The summed E-state index contributed by atoms with van der Waals surface area (Å²) in [5.41, 5.74) is 1.93. The fourth-order valence-electron chi connectivity index (χ4n) is 2.85. The van der Waals surface area contributed by atoms with Crippen molar-refractivity contribution in [2.75, 3.05) is 19.7 Å². The van der Waals surface area contributed by atoms with E-state index in [-0.39, 0.29) is 12.2 Å². The molecular formula is C24H27F6NO6. The van der Waals surface area contributed by atoms with Crippen LogP contribution in [0.1, 0.15) is 30.4 Å². The van der Waals surface area contributed by atoms with Gasteiger partial charge >= 0.3 is 24.5 Å². The first-order valence-electron chi connectivity index (χ1n) is 11.1. The Labute approximate surface area is 209 Å². The van der Waals surface area contributed by atoms with Gasteiger partial charge in [-0.05, 0) is 67.6 Å². The minimum absolute atomic E-state index is 0.124. The minimum Gasteiger partial charge on any atom is -0.494 e. The summed E-state index contributed by atoms with van der Waals surface area (Å²) in [5.74, 6) is -3.03. The van der Waals surface area contributed by atoms with Gasteiger partial charge in [0.25, 0.3) is 0 Å². The predicted molar refractivity (Wildman–Crippen MR) is 121 cm³/mol. The standard InChI is InChI=1S/C22H26F3NO4.C2HF3O2/c23-22(24,25)30-20-7-1-4-18(16-20)6-3-15-29-19-10-8-17(9-11-19)5-2-13-26-14-12-21(27)28;3-2(4,5)1(6)7/h1,4,7-11,16,26H,2-3,5-6,12-15H2,(H,27,28);(H,6,7). The Balaban J connectivity index is 0.000000856. The largest absolute Gasteiger partial charge is 0.573 e. The number of carboxylic acid groups (broad SMARTS) is 2. The summed E-state index contributed by atoms with van der Waals surface area (Å²) in [6.07, 6.45) is -6.60. The molecule has 0 unspecified atom stereocenters. The van der Waals surface area contributed by atoms with E-state index in [0.29, 0.717) is 26.0 Å². The van der Waals surface area contributed by atoms with Crippen molar-refractivity contribution < 1.29 is 55.6 Å². The van der Waals surface area contributed by atoms with Crippen LogP contribution in [0.4, 0.5) is 26.3 Å². The van der Waals surface area contributed by atoms with Gasteiger partial charge in [-0.2, -0.15) is 13.2 Å². The fourth-order valence-corrected chi connectivity index (χ4v) is 2.85. The molecule has 0 spiro atoms. The second-order valence-corrected chi connectivity index (χ2v) is 7.59. The highest BCUT2D eigenvalue weighted by Gasteiger charge is 2.38. The number of nitrogens with one attached hydrogen (secondary N) is 1. The molecule has 0 radical (unpaired) electrons. The van der Waals surface area contributed by atoms with Gasteiger partial charge in [0.15, 0.2) is 0 Å². The zero-order valence-corrected chi connectivity index (χ0v) is 19.6. The van der Waals surface area contributed by atoms with E-state index in [9.17, 15) is 31.1 Å². The molecule has 2 rings (SSSR count). The normalized spacial score (nSPS) is 11.3. The number of ether oxygens (including phenoxy) is 2. The molecule has 0 aromatic heterocycles. The number of rotatable bonds is 13. The summed E-state index contributed by atoms with van der Waals surface area (Å²) in [4.78, 5) is 19.3. The molecular weight excluding hydrogens is 512 g/mol. The van der Waals surface area contributed by atoms with Crippen molar-refractivity contribution in [3.8, 4) is 11.5 Å². The molecule has 2 aromatic carbocycles. The minimum atomic E-state index is -5.08. The van der Waals surface area contributed by atoms with Crippen molar-refractivity contribution in [3.63, 3.8) is 0 Å². The summed E-state index contributed by atoms with van der Waals surface area (Å²) in [6, 6.07) is 13.7. The lowest BCUT2D eigenvalue weighted by atomic mass is 10.1. The third kappa shape index (κ3) is 16.0. The predicted octanol–water partition coefficient (Wildman–Crippen LogP) is 5.23. The highest BCUT2D eigenvalue weighted by Crippen LogP contribution is 2.24. The van der Waals surface area contributed by atoms with E-state index >= 15 is 0 Å². The average molecular weight is 539 g/mol. The fraction of sp³-hybridized carbons (Fsp3) is 0.417. The monoisotopic (exact) mass is 539 g/mol. The van der Waals surface area contributed by atoms with Gasteiger partial charge in [0, 0.05) is 6.54 Å². The van der Waals surface area contributed by atoms with Gasteiger partial charge in [-0.15, -0.1) is 13.2 Å². The van der Waals surface area contributed by atoms with E-state index in [1.165, 1.54) is 23.8 Å². The van der Waals surface area contributed by atoms with Crippen molar-refractivity contribution in [1.29, 1.82) is 0 Å². The number of hydrogen-bond donors (Lipinski definition) is 3. The van der Waals surface area contributed by atoms with Crippen molar-refractivity contribution in [1.82, 2.24) is 5.32 Å². The quantitative estimate of drug-likeness (QED) is 0.237. The number of carbonyl (C=O) groups is 2. The smallest absolute Gasteiger partial charge is 0.494 e. The summed E-state index contributed by atoms with van der Waals surface area (Å²) in [5, 5.41) is 18.8. The Morgan fingerprint density at radius 3 is 2.00 bits per heavy atom. The Bertz CT molecular complexity index is 963. The van der Waals surface area contributed by atoms with Gasteiger partial charge < -0.3 is 25.0 Å². The van der Waals surface area contributed by atoms with Crippen LogP contribution >= 0.6 is 0 Å². The number of aliphatic carboxylic acids is 2. The number of carboxylic acids is 2. The first-order valence-corrected chi connectivity index (χ1v) is 11.1. The number of hydrogen-bond acceptors (Lipinski definition) is 5. The van der Waals surface area contributed by atoms with Gasteiger partial charge in [0.2, 0.25) is 0 Å². The zero-order chi connectivity index (χ0) is 27.9. The van der Waals surface area contributed by atoms with Crippen LogP contribution in [0.3, 0.4) is 0 Å². The topological polar surface area (TPSA) is 105 Å². The van der Waals surface area contributed by atoms with Crippen molar-refractivity contribution >= 4 is 11.9 Å². The molecule has 0 fully saturated rings. The van der Waals surface area contributed by atoms with Crippen molar-refractivity contribution in [2.45, 2.75) is 44.6 Å². The van der Waals surface area contributed by atoms with E-state index < -0.39 is 24.5 Å². The van der Waals surface area contributed by atoms with Crippen LogP contribution in [-0.2, 0) is 22.4 Å². The van der Waals surface area contributed by atoms with Crippen LogP contribution in [-0.4, -0.2) is 54.4 Å². The molecule has 0 bridgehead atoms. The van der Waals surface area contributed by atoms with Crippen LogP contribution < -0.4 is 14.8 Å². The first-order chi connectivity index (χ1) is 17.3. The van der Waals surface area contributed by atoms with Crippen molar-refractivity contribution in [3.05, 3.63) is 59.7 Å². The molecule has 7 nitrogen and oxygen atoms in total. The van der Waals surface area contributed by atoms with Crippen LogP contribution in [0.2, 0.25) is 0 Å². The van der Waals surface area contributed by atoms with E-state index in [0.717, 1.165) is 30.7 Å². The van der Waals surface area contributed by atoms with Gasteiger partial charge in [-0.1, -0.05) is 24.3 Å². The van der Waals surface area contributed by atoms with Gasteiger partial charge in [0.1, 0.15) is 11.5 Å². The van der Waals surface area contributed by atoms with Gasteiger partial charge in [-0.3, -0.25) is 4.79 Å². The maximum atomic E-state index is 12.3. The lowest BCUT2D eigenvalue weighted by Crippen LogP contribution is -2.21. The molecule has 0 saturated carbocycles. The summed E-state index contributed by atoms with van der Waals surface area (Å²) >= 11 is 0. The first kappa shape index (κ1) is 31.5. The van der Waals surface area contributed by atoms with Crippen LogP contribution in [0, 0.1) is 0 Å². The summed E-state index contributed by atoms with van der Waals surface area (Å²) in [7, 11) is 0. The second kappa shape index (κ2) is 15.6. The lowest BCUT2D eigenvalue weighted by molar-refractivity contribution is -0.274. The Morgan fingerprint density at radius 1 is 0.811 bits per heavy atom. The SMILES string of the molecule is O=C(O)C(F)(F)F.O=C(O)CCNCCCc1ccc(OCCCc2cccc(OC(F)(F)F)c2)cc1. The van der Waals surface area contributed by atoms with Crippen molar-refractivity contribution in [2.24, 2.45) is 0 Å². The maximum Gasteiger partial charge on any atom is 0.573 e. The Kier molecular flexibility index (Phi) is 13.3. The van der Waals surface area contributed by atoms with E-state index in [1.807, 2.05) is 24.3 Å². The zero-order valence-electron chi connectivity index (χ0n) is 19.6. The molecule has 0 aliphatic heterocycles. The highest BCUT2D eigenvalue weighted by molar-refractivity contribution is 5.73. The molecule has 2 aromatic rings. The molecule has 3 N–H and O–H groups in total. The van der Waals surface area contributed by atoms with Crippen LogP contribution in [0.25, 0.3) is 0 Å². The molecule has 37 heavy (non-hydrogen) atoms. The van der Waals surface area contributed by atoms with Gasteiger partial charge in [-0.25, -0.2) is 4.79 Å². The number of benzene rings is 2. The maximum absolute atomic E-state index is 12.3. The highest BCUT2D eigenvalue weighted by atomic mass is 19.4. The molecule has 0 amide bonds. The molecule has 0 heterocycles. The Morgan fingerprint density at radius 2 is 1.43 bits per heavy atom.